The first-order chi connectivity index (χ1) is 13.6. The van der Waals surface area contributed by atoms with Crippen molar-refractivity contribution in [3.63, 3.8) is 0 Å². The smallest absolute Gasteiger partial charge is 0.267 e. The molecule has 3 fully saturated rings. The van der Waals surface area contributed by atoms with Crippen LogP contribution in [0.3, 0.4) is 0 Å². The highest BCUT2D eigenvalue weighted by molar-refractivity contribution is 5.92. The molecule has 3 saturated heterocycles. The zero-order valence-electron chi connectivity index (χ0n) is 16.6. The van der Waals surface area contributed by atoms with Gasteiger partial charge < -0.3 is 20.0 Å². The van der Waals surface area contributed by atoms with Crippen LogP contribution in [0.5, 0.6) is 0 Å². The largest absolute Gasteiger partial charge is 0.370 e. The maximum Gasteiger partial charge on any atom is 0.267 e. The van der Waals surface area contributed by atoms with Crippen molar-refractivity contribution in [2.24, 2.45) is 11.8 Å². The van der Waals surface area contributed by atoms with Crippen molar-refractivity contribution in [3.8, 4) is 0 Å². The molecule has 3 aliphatic heterocycles. The third kappa shape index (κ3) is 2.88. The number of carbonyl (C=O) groups is 1. The number of ether oxygens (including phenoxy) is 1. The van der Waals surface area contributed by atoms with Crippen LogP contribution in [0, 0.1) is 18.8 Å². The zero-order valence-corrected chi connectivity index (χ0v) is 16.6. The van der Waals surface area contributed by atoms with E-state index in [4.69, 9.17) is 9.72 Å². The summed E-state index contributed by atoms with van der Waals surface area (Å²) in [5.74, 6) is 1.91. The van der Waals surface area contributed by atoms with Crippen LogP contribution >= 0.6 is 0 Å². The molecule has 5 heterocycles. The maximum absolute atomic E-state index is 12.3. The van der Waals surface area contributed by atoms with Crippen LogP contribution in [0.15, 0.2) is 18.3 Å². The summed E-state index contributed by atoms with van der Waals surface area (Å²) in [6.07, 6.45) is 5.24. The minimum absolute atomic E-state index is 0.0235. The first kappa shape index (κ1) is 17.9. The highest BCUT2D eigenvalue weighted by Gasteiger charge is 2.62. The van der Waals surface area contributed by atoms with Crippen molar-refractivity contribution in [1.29, 1.82) is 0 Å². The number of nitrogens with one attached hydrogen (secondary N) is 3. The highest BCUT2D eigenvalue weighted by atomic mass is 16.5. The second-order valence-electron chi connectivity index (χ2n) is 8.60. The average molecular weight is 383 g/mol. The number of H-pyrrole nitrogens is 2. The lowest BCUT2D eigenvalue weighted by atomic mass is 9.73. The van der Waals surface area contributed by atoms with Crippen LogP contribution < -0.4 is 5.32 Å². The number of hydrogen-bond donors (Lipinski definition) is 3. The molecule has 0 aromatic carbocycles. The maximum atomic E-state index is 12.3. The van der Waals surface area contributed by atoms with E-state index in [2.05, 4.69) is 34.0 Å². The molecule has 7 nitrogen and oxygen atoms in total. The van der Waals surface area contributed by atoms with Crippen LogP contribution in [0.1, 0.15) is 47.5 Å². The first-order valence-electron chi connectivity index (χ1n) is 10.4. The summed E-state index contributed by atoms with van der Waals surface area (Å²) in [6, 6.07) is 3.66. The van der Waals surface area contributed by atoms with Gasteiger partial charge in [-0.15, -0.1) is 0 Å². The molecule has 2 aromatic rings. The quantitative estimate of drug-likeness (QED) is 0.712. The second-order valence-corrected chi connectivity index (χ2v) is 8.60. The Morgan fingerprint density at radius 3 is 3.14 bits per heavy atom. The summed E-state index contributed by atoms with van der Waals surface area (Å²) in [5, 5.41) is 3.12. The number of aromatic nitrogens is 3. The van der Waals surface area contributed by atoms with E-state index in [-0.39, 0.29) is 17.6 Å². The Bertz CT molecular complexity index is 860. The van der Waals surface area contributed by atoms with E-state index in [0.717, 1.165) is 50.4 Å². The SMILES string of the molecule is CCc1nc(CN2C[C@@H]3[C@H](CNC(=O)c4ccc[nH]4)[C@H]4CC[C@]3(C2)O4)c(C)[nH]1. The number of aromatic amines is 2. The summed E-state index contributed by atoms with van der Waals surface area (Å²) in [4.78, 5) is 25.9. The molecular formula is C21H29N5O2. The van der Waals surface area contributed by atoms with Crippen molar-refractivity contribution < 1.29 is 9.53 Å². The van der Waals surface area contributed by atoms with Crippen molar-refractivity contribution in [3.05, 3.63) is 41.2 Å². The fourth-order valence-corrected chi connectivity index (χ4v) is 5.55. The van der Waals surface area contributed by atoms with Gasteiger partial charge >= 0.3 is 0 Å². The molecule has 28 heavy (non-hydrogen) atoms. The number of rotatable bonds is 6. The van der Waals surface area contributed by atoms with Crippen molar-refractivity contribution >= 4 is 5.91 Å². The van der Waals surface area contributed by atoms with E-state index in [1.54, 1.807) is 6.20 Å². The summed E-state index contributed by atoms with van der Waals surface area (Å²) >= 11 is 0. The van der Waals surface area contributed by atoms with Crippen LogP contribution in [-0.4, -0.2) is 57.1 Å². The predicted octanol–water partition coefficient (Wildman–Crippen LogP) is 2.02. The standard InChI is InChI=1S/C21H29N5O2/c1-3-19-24-13(2)17(25-19)11-26-10-15-14(18-6-7-21(15,12-26)28-18)9-23-20(27)16-5-4-8-22-16/h4-5,8,14-15,18,22H,3,6-7,9-12H2,1-2H3,(H,23,27)(H,24,25)/t14-,15+,18+,21+/m0/s1. The molecule has 2 aromatic heterocycles. The molecule has 4 atom stereocenters. The van der Waals surface area contributed by atoms with Gasteiger partial charge in [-0.3, -0.25) is 9.69 Å². The first-order valence-corrected chi connectivity index (χ1v) is 10.4. The fourth-order valence-electron chi connectivity index (χ4n) is 5.55. The molecule has 0 unspecified atom stereocenters. The Morgan fingerprint density at radius 1 is 1.50 bits per heavy atom. The van der Waals surface area contributed by atoms with Gasteiger partial charge in [-0.25, -0.2) is 4.98 Å². The number of aryl methyl sites for hydroxylation is 2. The van der Waals surface area contributed by atoms with E-state index in [1.165, 1.54) is 5.69 Å². The van der Waals surface area contributed by atoms with Crippen molar-refractivity contribution in [1.82, 2.24) is 25.2 Å². The lowest BCUT2D eigenvalue weighted by Crippen LogP contribution is -2.42. The van der Waals surface area contributed by atoms with Gasteiger partial charge in [0.2, 0.25) is 0 Å². The fraction of sp³-hybridized carbons (Fsp3) is 0.619. The van der Waals surface area contributed by atoms with Crippen LogP contribution in [-0.2, 0) is 17.7 Å². The normalized spacial score (nSPS) is 31.4. The molecule has 3 aliphatic rings. The topological polar surface area (TPSA) is 86.0 Å². The Morgan fingerprint density at radius 2 is 2.39 bits per heavy atom. The third-order valence-electron chi connectivity index (χ3n) is 6.94. The predicted molar refractivity (Wildman–Crippen MR) is 105 cm³/mol. The molecule has 0 saturated carbocycles. The number of imidazole rings is 1. The van der Waals surface area contributed by atoms with E-state index < -0.39 is 0 Å². The molecule has 150 valence electrons. The van der Waals surface area contributed by atoms with Gasteiger partial charge in [-0.1, -0.05) is 6.92 Å². The average Bonchev–Trinajstić information content (AvgIpc) is 3.47. The molecule has 7 heteroatoms. The molecule has 0 aliphatic carbocycles. The van der Waals surface area contributed by atoms with Crippen LogP contribution in [0.25, 0.3) is 0 Å². The zero-order chi connectivity index (χ0) is 19.3. The van der Waals surface area contributed by atoms with Gasteiger partial charge in [-0.2, -0.15) is 0 Å². The Balaban J connectivity index is 1.25. The van der Waals surface area contributed by atoms with Gasteiger partial charge in [-0.05, 0) is 31.9 Å². The molecule has 5 rings (SSSR count). The van der Waals surface area contributed by atoms with E-state index in [0.29, 0.717) is 24.1 Å². The van der Waals surface area contributed by atoms with Gasteiger partial charge in [0.05, 0.1) is 17.4 Å². The van der Waals surface area contributed by atoms with Gasteiger partial charge in [0, 0.05) is 56.3 Å². The van der Waals surface area contributed by atoms with Crippen LogP contribution in [0.2, 0.25) is 0 Å². The third-order valence-corrected chi connectivity index (χ3v) is 6.94. The lowest BCUT2D eigenvalue weighted by Gasteiger charge is -2.29. The van der Waals surface area contributed by atoms with Gasteiger partial charge in [0.15, 0.2) is 0 Å². The van der Waals surface area contributed by atoms with Gasteiger partial charge in [0.25, 0.3) is 5.91 Å². The number of likely N-dealkylation sites (tertiary alicyclic amines) is 1. The minimum Gasteiger partial charge on any atom is -0.370 e. The van der Waals surface area contributed by atoms with Crippen molar-refractivity contribution in [2.75, 3.05) is 19.6 Å². The summed E-state index contributed by atoms with van der Waals surface area (Å²) in [6.45, 7) is 7.79. The number of hydrogen-bond acceptors (Lipinski definition) is 4. The molecule has 1 spiro atoms. The number of nitrogens with zero attached hydrogens (tertiary/aromatic N) is 2. The Hall–Kier alpha value is -2.12. The lowest BCUT2D eigenvalue weighted by molar-refractivity contribution is 0.00202. The highest BCUT2D eigenvalue weighted by Crippen LogP contribution is 2.54. The summed E-state index contributed by atoms with van der Waals surface area (Å²) in [5.41, 5.74) is 2.92. The van der Waals surface area contributed by atoms with E-state index in [9.17, 15) is 4.79 Å². The number of carbonyl (C=O) groups excluding carboxylic acids is 1. The molecule has 0 radical (unpaired) electrons. The molecule has 2 bridgehead atoms. The number of amides is 1. The summed E-state index contributed by atoms with van der Waals surface area (Å²) < 4.78 is 6.52. The van der Waals surface area contributed by atoms with Crippen molar-refractivity contribution in [2.45, 2.75) is 51.4 Å². The monoisotopic (exact) mass is 383 g/mol. The Kier molecular flexibility index (Phi) is 4.32. The van der Waals surface area contributed by atoms with E-state index in [1.807, 2.05) is 12.1 Å². The van der Waals surface area contributed by atoms with E-state index >= 15 is 0 Å². The molecular weight excluding hydrogens is 354 g/mol. The summed E-state index contributed by atoms with van der Waals surface area (Å²) in [7, 11) is 0. The van der Waals surface area contributed by atoms with Crippen LogP contribution in [0.4, 0.5) is 0 Å². The second kappa shape index (κ2) is 6.74. The van der Waals surface area contributed by atoms with Gasteiger partial charge in [0.1, 0.15) is 11.5 Å². The Labute approximate surface area is 165 Å². The molecule has 3 N–H and O–H groups in total. The minimum atomic E-state index is -0.0316. The molecule has 1 amide bonds. The number of fused-ring (bicyclic) bond motifs is 1.